The molecule has 0 aliphatic carbocycles. The highest BCUT2D eigenvalue weighted by Crippen LogP contribution is 2.07. The summed E-state index contributed by atoms with van der Waals surface area (Å²) in [6.07, 6.45) is 2.64. The van der Waals surface area contributed by atoms with Gasteiger partial charge in [-0.2, -0.15) is 0 Å². The second-order valence-corrected chi connectivity index (χ2v) is 4.07. The third kappa shape index (κ3) is 6.63. The molecule has 0 bridgehead atoms. The van der Waals surface area contributed by atoms with Gasteiger partial charge in [0.1, 0.15) is 5.78 Å². The molecule has 90 valence electrons. The van der Waals surface area contributed by atoms with Crippen LogP contribution in [0.3, 0.4) is 0 Å². The van der Waals surface area contributed by atoms with Gasteiger partial charge in [-0.15, -0.1) is 0 Å². The number of carbonyl (C=O) groups excluding carboxylic acids is 1. The van der Waals surface area contributed by atoms with Crippen molar-refractivity contribution in [3.05, 3.63) is 0 Å². The molecule has 0 aromatic carbocycles. The van der Waals surface area contributed by atoms with Crippen molar-refractivity contribution in [2.24, 2.45) is 5.92 Å². The summed E-state index contributed by atoms with van der Waals surface area (Å²) in [7, 11) is 0. The Morgan fingerprint density at radius 2 is 1.93 bits per heavy atom. The predicted molar refractivity (Wildman–Crippen MR) is 62.9 cm³/mol. The summed E-state index contributed by atoms with van der Waals surface area (Å²) in [6, 6.07) is 0. The molecule has 1 unspecified atom stereocenters. The summed E-state index contributed by atoms with van der Waals surface area (Å²) in [4.78, 5) is 13.6. The van der Waals surface area contributed by atoms with E-state index in [-0.39, 0.29) is 12.5 Å². The summed E-state index contributed by atoms with van der Waals surface area (Å²) >= 11 is 0. The molecule has 0 aliphatic rings. The molecule has 0 saturated heterocycles. The molecule has 0 rings (SSSR count). The number of hydrogen-bond acceptors (Lipinski definition) is 3. The van der Waals surface area contributed by atoms with Crippen LogP contribution < -0.4 is 0 Å². The zero-order valence-corrected chi connectivity index (χ0v) is 10.3. The highest BCUT2D eigenvalue weighted by molar-refractivity contribution is 5.80. The van der Waals surface area contributed by atoms with Gasteiger partial charge in [0.25, 0.3) is 0 Å². The Balaban J connectivity index is 3.81. The Morgan fingerprint density at radius 3 is 2.40 bits per heavy atom. The maximum absolute atomic E-state index is 11.4. The van der Waals surface area contributed by atoms with Gasteiger partial charge >= 0.3 is 0 Å². The van der Waals surface area contributed by atoms with E-state index in [9.17, 15) is 4.79 Å². The highest BCUT2D eigenvalue weighted by atomic mass is 16.3. The molecule has 3 heteroatoms. The minimum absolute atomic E-state index is 0.160. The van der Waals surface area contributed by atoms with Crippen LogP contribution in [0, 0.1) is 5.92 Å². The summed E-state index contributed by atoms with van der Waals surface area (Å²) in [5.74, 6) is 0.503. The van der Waals surface area contributed by atoms with Crippen LogP contribution >= 0.6 is 0 Å². The molecule has 0 saturated carbocycles. The van der Waals surface area contributed by atoms with E-state index in [0.29, 0.717) is 12.2 Å². The largest absolute Gasteiger partial charge is 0.395 e. The maximum Gasteiger partial charge on any atom is 0.135 e. The fourth-order valence-corrected chi connectivity index (χ4v) is 1.68. The van der Waals surface area contributed by atoms with Gasteiger partial charge in [-0.3, -0.25) is 4.79 Å². The first-order chi connectivity index (χ1) is 7.15. The first-order valence-electron chi connectivity index (χ1n) is 6.01. The fraction of sp³-hybridized carbons (Fsp3) is 0.917. The Bertz CT molecular complexity index is 165. The van der Waals surface area contributed by atoms with Gasteiger partial charge in [0, 0.05) is 18.9 Å². The molecular weight excluding hydrogens is 190 g/mol. The van der Waals surface area contributed by atoms with Gasteiger partial charge in [-0.05, 0) is 25.9 Å². The molecule has 1 N–H and O–H groups in total. The molecule has 3 nitrogen and oxygen atoms in total. The average molecular weight is 215 g/mol. The summed E-state index contributed by atoms with van der Waals surface area (Å²) in [6.45, 7) is 8.89. The van der Waals surface area contributed by atoms with E-state index in [2.05, 4.69) is 11.8 Å². The van der Waals surface area contributed by atoms with E-state index in [1.165, 1.54) is 0 Å². The van der Waals surface area contributed by atoms with E-state index >= 15 is 0 Å². The van der Waals surface area contributed by atoms with Gasteiger partial charge in [-0.25, -0.2) is 0 Å². The van der Waals surface area contributed by atoms with Crippen LogP contribution in [-0.4, -0.2) is 42.0 Å². The number of nitrogens with zero attached hydrogens (tertiary/aromatic N) is 1. The molecule has 0 heterocycles. The lowest BCUT2D eigenvalue weighted by molar-refractivity contribution is -0.122. The smallest absolute Gasteiger partial charge is 0.135 e. The Kier molecular flexibility index (Phi) is 8.62. The number of ketones is 1. The molecule has 0 radical (unpaired) electrons. The molecule has 0 aliphatic heterocycles. The third-order valence-electron chi connectivity index (χ3n) is 2.73. The van der Waals surface area contributed by atoms with Crippen molar-refractivity contribution in [1.29, 1.82) is 0 Å². The number of rotatable bonds is 9. The predicted octanol–water partition coefficient (Wildman–Crippen LogP) is 1.70. The van der Waals surface area contributed by atoms with Gasteiger partial charge in [0.15, 0.2) is 0 Å². The van der Waals surface area contributed by atoms with Crippen LogP contribution in [0.2, 0.25) is 0 Å². The van der Waals surface area contributed by atoms with Crippen molar-refractivity contribution in [2.45, 2.75) is 40.0 Å². The lowest BCUT2D eigenvalue weighted by atomic mass is 10.0. The summed E-state index contributed by atoms with van der Waals surface area (Å²) in [5, 5.41) is 8.88. The number of aliphatic hydroxyl groups excluding tert-OH is 1. The molecule has 0 amide bonds. The zero-order valence-electron chi connectivity index (χ0n) is 10.3. The first-order valence-corrected chi connectivity index (χ1v) is 6.01. The molecular formula is C12H25NO2. The van der Waals surface area contributed by atoms with Gasteiger partial charge < -0.3 is 10.0 Å². The van der Waals surface area contributed by atoms with Crippen molar-refractivity contribution < 1.29 is 9.90 Å². The van der Waals surface area contributed by atoms with Crippen LogP contribution in [0.5, 0.6) is 0 Å². The Labute approximate surface area is 93.5 Å². The van der Waals surface area contributed by atoms with Crippen molar-refractivity contribution in [3.8, 4) is 0 Å². The first kappa shape index (κ1) is 14.6. The van der Waals surface area contributed by atoms with E-state index in [1.54, 1.807) is 0 Å². The highest BCUT2D eigenvalue weighted by Gasteiger charge is 2.12. The summed E-state index contributed by atoms with van der Waals surface area (Å²) in [5.41, 5.74) is 0. The minimum Gasteiger partial charge on any atom is -0.395 e. The Hall–Kier alpha value is -0.410. The quantitative estimate of drug-likeness (QED) is 0.636. The zero-order chi connectivity index (χ0) is 11.7. The van der Waals surface area contributed by atoms with Gasteiger partial charge in [0.2, 0.25) is 0 Å². The maximum atomic E-state index is 11.4. The minimum atomic E-state index is 0.160. The topological polar surface area (TPSA) is 40.5 Å². The van der Waals surface area contributed by atoms with E-state index in [4.69, 9.17) is 5.11 Å². The second kappa shape index (κ2) is 8.86. The van der Waals surface area contributed by atoms with E-state index < -0.39 is 0 Å². The fourth-order valence-electron chi connectivity index (χ4n) is 1.68. The lowest BCUT2D eigenvalue weighted by Gasteiger charge is -2.21. The van der Waals surface area contributed by atoms with Crippen LogP contribution in [0.25, 0.3) is 0 Å². The number of hydrogen-bond donors (Lipinski definition) is 1. The van der Waals surface area contributed by atoms with Crippen molar-refractivity contribution >= 4 is 5.78 Å². The van der Waals surface area contributed by atoms with Crippen LogP contribution in [0.1, 0.15) is 40.0 Å². The van der Waals surface area contributed by atoms with Crippen molar-refractivity contribution in [1.82, 2.24) is 4.90 Å². The molecule has 0 aromatic rings. The standard InChI is InChI=1S/C12H25NO2/c1-4-7-13(9-10-14)8-6-11(3)12(15)5-2/h11,14H,4-10H2,1-3H3. The Morgan fingerprint density at radius 1 is 1.27 bits per heavy atom. The average Bonchev–Trinajstić information content (AvgIpc) is 2.25. The number of carbonyl (C=O) groups is 1. The lowest BCUT2D eigenvalue weighted by Crippen LogP contribution is -2.30. The monoisotopic (exact) mass is 215 g/mol. The van der Waals surface area contributed by atoms with Crippen LogP contribution in [0.4, 0.5) is 0 Å². The number of aliphatic hydroxyl groups is 1. The molecule has 1 atom stereocenters. The molecule has 0 fully saturated rings. The molecule has 0 spiro atoms. The molecule has 15 heavy (non-hydrogen) atoms. The van der Waals surface area contributed by atoms with Crippen molar-refractivity contribution in [2.75, 3.05) is 26.2 Å². The normalized spacial score (nSPS) is 13.1. The van der Waals surface area contributed by atoms with Gasteiger partial charge in [-0.1, -0.05) is 20.8 Å². The van der Waals surface area contributed by atoms with E-state index in [1.807, 2.05) is 13.8 Å². The van der Waals surface area contributed by atoms with Crippen LogP contribution in [0.15, 0.2) is 0 Å². The summed E-state index contributed by atoms with van der Waals surface area (Å²) < 4.78 is 0. The SMILES string of the molecule is CCCN(CCO)CCC(C)C(=O)CC. The second-order valence-electron chi connectivity index (χ2n) is 4.07. The number of Topliss-reactive ketones (excluding diaryl/α,β-unsaturated/α-hetero) is 1. The molecule has 0 aromatic heterocycles. The third-order valence-corrected chi connectivity index (χ3v) is 2.73. The van der Waals surface area contributed by atoms with E-state index in [0.717, 1.165) is 32.5 Å². The van der Waals surface area contributed by atoms with Crippen molar-refractivity contribution in [3.63, 3.8) is 0 Å². The van der Waals surface area contributed by atoms with Gasteiger partial charge in [0.05, 0.1) is 6.61 Å². The van der Waals surface area contributed by atoms with Crippen LogP contribution in [-0.2, 0) is 4.79 Å².